The number of hydrogen-bond acceptors (Lipinski definition) is 7. The molecular formula is C29H31FN6O5. The molecule has 2 N–H and O–H groups in total. The lowest BCUT2D eigenvalue weighted by molar-refractivity contribution is -0.145. The minimum absolute atomic E-state index is 0.00316. The van der Waals surface area contributed by atoms with Crippen molar-refractivity contribution in [2.45, 2.75) is 32.1 Å². The van der Waals surface area contributed by atoms with Crippen LogP contribution in [0.3, 0.4) is 0 Å². The third-order valence-electron chi connectivity index (χ3n) is 7.79. The van der Waals surface area contributed by atoms with E-state index in [-0.39, 0.29) is 37.9 Å². The SMILES string of the molecule is COc1cc(C(=O)N2CC(N)C[C@@H](F)C2)cc2nc(-c3cc4cccc5c4n3CCN5C(=O)COC(C)=O)n(C)c12. The number of ether oxygens (including phenoxy) is 2. The Hall–Kier alpha value is -4.45. The van der Waals surface area contributed by atoms with Crippen LogP contribution in [-0.2, 0) is 27.9 Å². The number of para-hydroxylation sites is 1. The van der Waals surface area contributed by atoms with Crippen molar-refractivity contribution in [3.8, 4) is 17.3 Å². The van der Waals surface area contributed by atoms with Gasteiger partial charge in [-0.3, -0.25) is 14.4 Å². The van der Waals surface area contributed by atoms with Crippen molar-refractivity contribution in [2.24, 2.45) is 12.8 Å². The second kappa shape index (κ2) is 10.2. The summed E-state index contributed by atoms with van der Waals surface area (Å²) in [5.74, 6) is 0.0194. The number of esters is 1. The quantitative estimate of drug-likeness (QED) is 0.371. The second-order valence-corrected chi connectivity index (χ2v) is 10.6. The zero-order valence-electron chi connectivity index (χ0n) is 23.1. The molecule has 0 aliphatic carbocycles. The third-order valence-corrected chi connectivity index (χ3v) is 7.79. The predicted octanol–water partition coefficient (Wildman–Crippen LogP) is 2.62. The first kappa shape index (κ1) is 26.8. The molecule has 2 atom stereocenters. The summed E-state index contributed by atoms with van der Waals surface area (Å²) >= 11 is 0. The van der Waals surface area contributed by atoms with E-state index in [2.05, 4.69) is 4.57 Å². The van der Waals surface area contributed by atoms with Gasteiger partial charge in [-0.05, 0) is 30.7 Å². The van der Waals surface area contributed by atoms with E-state index in [4.69, 9.17) is 20.2 Å². The molecule has 0 spiro atoms. The van der Waals surface area contributed by atoms with Crippen molar-refractivity contribution in [1.29, 1.82) is 0 Å². The predicted molar refractivity (Wildman–Crippen MR) is 151 cm³/mol. The van der Waals surface area contributed by atoms with E-state index in [1.54, 1.807) is 17.0 Å². The third kappa shape index (κ3) is 4.57. The smallest absolute Gasteiger partial charge is 0.303 e. The van der Waals surface area contributed by atoms with Gasteiger partial charge in [0.05, 0.1) is 36.1 Å². The highest BCUT2D eigenvalue weighted by Gasteiger charge is 2.31. The van der Waals surface area contributed by atoms with E-state index in [1.807, 2.05) is 35.9 Å². The number of nitrogens with zero attached hydrogens (tertiary/aromatic N) is 5. The average molecular weight is 563 g/mol. The summed E-state index contributed by atoms with van der Waals surface area (Å²) in [4.78, 5) is 45.5. The van der Waals surface area contributed by atoms with Gasteiger partial charge in [0, 0.05) is 50.6 Å². The highest BCUT2D eigenvalue weighted by Crippen LogP contribution is 2.39. The molecule has 11 nitrogen and oxygen atoms in total. The Labute approximate surface area is 235 Å². The van der Waals surface area contributed by atoms with Crippen LogP contribution in [0.4, 0.5) is 10.1 Å². The molecule has 2 amide bonds. The number of alkyl halides is 1. The molecule has 1 fully saturated rings. The summed E-state index contributed by atoms with van der Waals surface area (Å²) in [7, 11) is 3.42. The molecule has 2 aromatic carbocycles. The molecule has 2 aliphatic heterocycles. The van der Waals surface area contributed by atoms with Crippen LogP contribution in [-0.4, -0.2) is 82.4 Å². The molecule has 2 aromatic heterocycles. The number of hydrogen-bond donors (Lipinski definition) is 1. The van der Waals surface area contributed by atoms with Gasteiger partial charge < -0.3 is 34.1 Å². The molecule has 41 heavy (non-hydrogen) atoms. The maximum Gasteiger partial charge on any atom is 0.303 e. The van der Waals surface area contributed by atoms with E-state index in [1.165, 1.54) is 18.9 Å². The van der Waals surface area contributed by atoms with Gasteiger partial charge in [-0.1, -0.05) is 12.1 Å². The molecule has 4 heterocycles. The van der Waals surface area contributed by atoms with Gasteiger partial charge in [0.1, 0.15) is 17.4 Å². The van der Waals surface area contributed by atoms with Crippen molar-refractivity contribution in [3.63, 3.8) is 0 Å². The lowest BCUT2D eigenvalue weighted by Gasteiger charge is -2.33. The number of methoxy groups -OCH3 is 1. The van der Waals surface area contributed by atoms with Crippen molar-refractivity contribution in [1.82, 2.24) is 19.0 Å². The number of halogens is 1. The number of benzene rings is 2. The highest BCUT2D eigenvalue weighted by atomic mass is 19.1. The van der Waals surface area contributed by atoms with Gasteiger partial charge in [-0.2, -0.15) is 0 Å². The van der Waals surface area contributed by atoms with Crippen molar-refractivity contribution in [3.05, 3.63) is 42.0 Å². The number of carbonyl (C=O) groups is 3. The first-order valence-electron chi connectivity index (χ1n) is 13.5. The molecule has 1 saturated heterocycles. The monoisotopic (exact) mass is 562 g/mol. The maximum atomic E-state index is 14.2. The molecule has 12 heteroatoms. The van der Waals surface area contributed by atoms with Crippen molar-refractivity contribution in [2.75, 3.05) is 38.3 Å². The lowest BCUT2D eigenvalue weighted by Crippen LogP contribution is -2.50. The number of anilines is 1. The maximum absolute atomic E-state index is 14.2. The molecule has 4 aromatic rings. The summed E-state index contributed by atoms with van der Waals surface area (Å²) in [6.07, 6.45) is -0.920. The number of nitrogens with two attached hydrogens (primary N) is 1. The van der Waals surface area contributed by atoms with E-state index in [0.29, 0.717) is 41.3 Å². The Balaban J connectivity index is 1.42. The Morgan fingerprint density at radius 2 is 1.93 bits per heavy atom. The zero-order valence-corrected chi connectivity index (χ0v) is 23.1. The minimum atomic E-state index is -1.16. The van der Waals surface area contributed by atoms with Crippen molar-refractivity contribution < 1.29 is 28.2 Å². The average Bonchev–Trinajstić information content (AvgIpc) is 3.48. The summed E-state index contributed by atoms with van der Waals surface area (Å²) in [6.45, 7) is 2.15. The fourth-order valence-corrected chi connectivity index (χ4v) is 6.00. The molecular weight excluding hydrogens is 531 g/mol. The Morgan fingerprint density at radius 1 is 1.12 bits per heavy atom. The number of aryl methyl sites for hydroxylation is 1. The topological polar surface area (TPSA) is 125 Å². The summed E-state index contributed by atoms with van der Waals surface area (Å²) in [5.41, 5.74) is 10.1. The van der Waals surface area contributed by atoms with Crippen LogP contribution in [0, 0.1) is 0 Å². The molecule has 0 radical (unpaired) electrons. The van der Waals surface area contributed by atoms with E-state index < -0.39 is 18.2 Å². The fourth-order valence-electron chi connectivity index (χ4n) is 6.00. The van der Waals surface area contributed by atoms with Gasteiger partial charge in [-0.25, -0.2) is 9.37 Å². The van der Waals surface area contributed by atoms with Crippen LogP contribution in [0.5, 0.6) is 5.75 Å². The summed E-state index contributed by atoms with van der Waals surface area (Å²) in [5, 5.41) is 0.930. The van der Waals surface area contributed by atoms with E-state index >= 15 is 0 Å². The summed E-state index contributed by atoms with van der Waals surface area (Å²) in [6, 6.07) is 10.7. The van der Waals surface area contributed by atoms with Crippen LogP contribution in [0.25, 0.3) is 33.5 Å². The highest BCUT2D eigenvalue weighted by molar-refractivity contribution is 6.06. The van der Waals surface area contributed by atoms with Gasteiger partial charge >= 0.3 is 5.97 Å². The van der Waals surface area contributed by atoms with Gasteiger partial charge in [0.15, 0.2) is 12.4 Å². The summed E-state index contributed by atoms with van der Waals surface area (Å²) < 4.78 is 28.9. The van der Waals surface area contributed by atoms with Crippen LogP contribution < -0.4 is 15.4 Å². The van der Waals surface area contributed by atoms with Gasteiger partial charge in [0.2, 0.25) is 0 Å². The first-order chi connectivity index (χ1) is 19.7. The molecule has 6 rings (SSSR count). The number of aromatic nitrogens is 3. The number of fused-ring (bicyclic) bond motifs is 1. The first-order valence-corrected chi connectivity index (χ1v) is 13.5. The number of carbonyl (C=O) groups excluding carboxylic acids is 3. The Bertz CT molecular complexity index is 1700. The second-order valence-electron chi connectivity index (χ2n) is 10.6. The zero-order chi connectivity index (χ0) is 29.0. The van der Waals surface area contributed by atoms with Crippen LogP contribution in [0.1, 0.15) is 23.7 Å². The minimum Gasteiger partial charge on any atom is -0.494 e. The standard InChI is InChI=1S/C29H31FN6O5/c1-16(37)41-15-25(38)35-7-8-36-23(10-17-5-4-6-22(35)26(17)36)28-32-21-9-18(11-24(40-3)27(21)33(28)2)29(39)34-13-19(30)12-20(31)14-34/h4-6,9-11,19-20H,7-8,12-15,31H2,1-3H3/t19-,20?/m1/s1. The van der Waals surface area contributed by atoms with Crippen LogP contribution in [0.15, 0.2) is 36.4 Å². The molecule has 0 bridgehead atoms. The van der Waals surface area contributed by atoms with Crippen LogP contribution >= 0.6 is 0 Å². The Kier molecular flexibility index (Phi) is 6.65. The van der Waals surface area contributed by atoms with E-state index in [0.717, 1.165) is 22.3 Å². The number of likely N-dealkylation sites (tertiary alicyclic amines) is 1. The largest absolute Gasteiger partial charge is 0.494 e. The van der Waals surface area contributed by atoms with Gasteiger partial charge in [0.25, 0.3) is 11.8 Å². The van der Waals surface area contributed by atoms with E-state index in [9.17, 15) is 18.8 Å². The lowest BCUT2D eigenvalue weighted by atomic mass is 10.0. The number of piperidine rings is 1. The number of rotatable bonds is 5. The fraction of sp³-hybridized carbons (Fsp3) is 0.379. The number of amides is 2. The Morgan fingerprint density at radius 3 is 2.66 bits per heavy atom. The van der Waals surface area contributed by atoms with Gasteiger partial charge in [-0.15, -0.1) is 0 Å². The van der Waals surface area contributed by atoms with Crippen molar-refractivity contribution >= 4 is 45.4 Å². The molecule has 2 aliphatic rings. The molecule has 1 unspecified atom stereocenters. The molecule has 0 saturated carbocycles. The van der Waals surface area contributed by atoms with Crippen LogP contribution in [0.2, 0.25) is 0 Å². The normalized spacial score (nSPS) is 18.7. The molecule has 214 valence electrons. The number of imidazole rings is 1.